The Bertz CT molecular complexity index is 950. The number of carbonyl (C=O) groups excluding carboxylic acids is 3. The summed E-state index contributed by atoms with van der Waals surface area (Å²) in [5.41, 5.74) is 1.33. The SMILES string of the molecule is C[C@@H](OC(=O)c1ccc(C(=O)c2ccccc2)cc1)C(=O)NCc1cccs1. The zero-order valence-corrected chi connectivity index (χ0v) is 16.1. The fourth-order valence-electron chi connectivity index (χ4n) is 2.53. The van der Waals surface area contributed by atoms with E-state index >= 15 is 0 Å². The molecule has 1 aromatic heterocycles. The van der Waals surface area contributed by atoms with Crippen molar-refractivity contribution in [3.8, 4) is 0 Å². The van der Waals surface area contributed by atoms with Crippen LogP contribution in [-0.4, -0.2) is 23.8 Å². The van der Waals surface area contributed by atoms with Crippen molar-refractivity contribution in [3.05, 3.63) is 93.7 Å². The molecule has 0 aliphatic carbocycles. The van der Waals surface area contributed by atoms with E-state index in [-0.39, 0.29) is 17.3 Å². The van der Waals surface area contributed by atoms with Crippen molar-refractivity contribution in [3.63, 3.8) is 0 Å². The third-order valence-corrected chi connectivity index (χ3v) is 4.97. The Kier molecular flexibility index (Phi) is 6.34. The molecular weight excluding hydrogens is 374 g/mol. The van der Waals surface area contributed by atoms with Crippen LogP contribution in [0, 0.1) is 0 Å². The van der Waals surface area contributed by atoms with Crippen molar-refractivity contribution in [2.24, 2.45) is 0 Å². The molecule has 1 heterocycles. The van der Waals surface area contributed by atoms with E-state index in [2.05, 4.69) is 5.32 Å². The van der Waals surface area contributed by atoms with Gasteiger partial charge >= 0.3 is 5.97 Å². The first kappa shape index (κ1) is 19.5. The van der Waals surface area contributed by atoms with Gasteiger partial charge in [-0.1, -0.05) is 48.5 Å². The Labute approximate surface area is 167 Å². The van der Waals surface area contributed by atoms with Crippen LogP contribution in [0.4, 0.5) is 0 Å². The number of thiophene rings is 1. The highest BCUT2D eigenvalue weighted by Crippen LogP contribution is 2.13. The summed E-state index contributed by atoms with van der Waals surface area (Å²) in [6.45, 7) is 1.92. The lowest BCUT2D eigenvalue weighted by Gasteiger charge is -2.13. The summed E-state index contributed by atoms with van der Waals surface area (Å²) < 4.78 is 5.22. The number of benzene rings is 2. The van der Waals surface area contributed by atoms with Crippen LogP contribution < -0.4 is 5.32 Å². The monoisotopic (exact) mass is 393 g/mol. The van der Waals surface area contributed by atoms with Gasteiger partial charge in [-0.25, -0.2) is 4.79 Å². The van der Waals surface area contributed by atoms with Crippen molar-refractivity contribution in [2.45, 2.75) is 19.6 Å². The fourth-order valence-corrected chi connectivity index (χ4v) is 3.17. The highest BCUT2D eigenvalue weighted by molar-refractivity contribution is 7.09. The van der Waals surface area contributed by atoms with Crippen molar-refractivity contribution in [1.82, 2.24) is 5.32 Å². The van der Waals surface area contributed by atoms with Crippen molar-refractivity contribution < 1.29 is 19.1 Å². The lowest BCUT2D eigenvalue weighted by Crippen LogP contribution is -2.35. The first-order valence-corrected chi connectivity index (χ1v) is 9.63. The van der Waals surface area contributed by atoms with Crippen LogP contribution in [0.25, 0.3) is 0 Å². The van der Waals surface area contributed by atoms with E-state index in [1.807, 2.05) is 23.6 Å². The standard InChI is InChI=1S/C22H19NO4S/c1-15(21(25)23-14-19-8-5-13-28-19)27-22(26)18-11-9-17(10-12-18)20(24)16-6-3-2-4-7-16/h2-13,15H,14H2,1H3,(H,23,25)/t15-/m1/s1. The topological polar surface area (TPSA) is 72.5 Å². The molecule has 0 saturated carbocycles. The molecule has 0 fully saturated rings. The van der Waals surface area contributed by atoms with Crippen molar-refractivity contribution in [2.75, 3.05) is 0 Å². The zero-order valence-electron chi connectivity index (χ0n) is 15.3. The van der Waals surface area contributed by atoms with Crippen LogP contribution in [0.15, 0.2) is 72.1 Å². The first-order valence-electron chi connectivity index (χ1n) is 8.75. The third-order valence-electron chi connectivity index (χ3n) is 4.09. The average Bonchev–Trinajstić information content (AvgIpc) is 3.25. The molecule has 3 aromatic rings. The largest absolute Gasteiger partial charge is 0.449 e. The first-order chi connectivity index (χ1) is 13.5. The number of amides is 1. The number of nitrogens with one attached hydrogen (secondary N) is 1. The maximum atomic E-state index is 12.4. The second-order valence-corrected chi connectivity index (χ2v) is 7.15. The van der Waals surface area contributed by atoms with Gasteiger partial charge in [-0.05, 0) is 30.5 Å². The molecule has 0 radical (unpaired) electrons. The Morgan fingerprint density at radius 1 is 0.893 bits per heavy atom. The molecule has 142 valence electrons. The maximum absolute atomic E-state index is 12.4. The predicted octanol–water partition coefficient (Wildman–Crippen LogP) is 3.84. The highest BCUT2D eigenvalue weighted by atomic mass is 32.1. The predicted molar refractivity (Wildman–Crippen MR) is 107 cm³/mol. The second kappa shape index (κ2) is 9.10. The quantitative estimate of drug-likeness (QED) is 0.489. The fraction of sp³-hybridized carbons (Fsp3) is 0.136. The Morgan fingerprint density at radius 3 is 2.18 bits per heavy atom. The molecule has 1 N–H and O–H groups in total. The molecule has 0 unspecified atom stereocenters. The third kappa shape index (κ3) is 4.92. The molecule has 0 saturated heterocycles. The Balaban J connectivity index is 1.56. The molecule has 1 amide bonds. The molecule has 6 heteroatoms. The zero-order chi connectivity index (χ0) is 19.9. The van der Waals surface area contributed by atoms with E-state index in [0.717, 1.165) is 4.88 Å². The van der Waals surface area contributed by atoms with Gasteiger partial charge in [0.25, 0.3) is 5.91 Å². The number of carbonyl (C=O) groups is 3. The minimum Gasteiger partial charge on any atom is -0.449 e. The molecule has 0 aliphatic rings. The van der Waals surface area contributed by atoms with E-state index in [1.54, 1.807) is 36.4 Å². The lowest BCUT2D eigenvalue weighted by atomic mass is 10.0. The van der Waals surface area contributed by atoms with Gasteiger partial charge in [0.15, 0.2) is 11.9 Å². The molecule has 0 bridgehead atoms. The van der Waals surface area contributed by atoms with Gasteiger partial charge < -0.3 is 10.1 Å². The van der Waals surface area contributed by atoms with Gasteiger partial charge in [0.2, 0.25) is 0 Å². The van der Waals surface area contributed by atoms with E-state index in [4.69, 9.17) is 4.74 Å². The minimum absolute atomic E-state index is 0.123. The summed E-state index contributed by atoms with van der Waals surface area (Å²) >= 11 is 1.54. The number of rotatable bonds is 7. The maximum Gasteiger partial charge on any atom is 0.338 e. The summed E-state index contributed by atoms with van der Waals surface area (Å²) in [6.07, 6.45) is -0.918. The van der Waals surface area contributed by atoms with Gasteiger partial charge in [-0.2, -0.15) is 0 Å². The number of ketones is 1. The van der Waals surface area contributed by atoms with Crippen LogP contribution in [-0.2, 0) is 16.1 Å². The number of esters is 1. The minimum atomic E-state index is -0.918. The van der Waals surface area contributed by atoms with E-state index in [9.17, 15) is 14.4 Å². The van der Waals surface area contributed by atoms with Gasteiger partial charge in [0.1, 0.15) is 0 Å². The molecule has 2 aromatic carbocycles. The molecular formula is C22H19NO4S. The molecule has 28 heavy (non-hydrogen) atoms. The normalized spacial score (nSPS) is 11.5. The van der Waals surface area contributed by atoms with Crippen LogP contribution in [0.5, 0.6) is 0 Å². The van der Waals surface area contributed by atoms with E-state index in [0.29, 0.717) is 17.7 Å². The lowest BCUT2D eigenvalue weighted by molar-refractivity contribution is -0.129. The molecule has 0 spiro atoms. The smallest absolute Gasteiger partial charge is 0.338 e. The summed E-state index contributed by atoms with van der Waals surface area (Å²) in [6, 6.07) is 18.9. The van der Waals surface area contributed by atoms with E-state index < -0.39 is 12.1 Å². The van der Waals surface area contributed by atoms with Crippen LogP contribution in [0.2, 0.25) is 0 Å². The molecule has 1 atom stereocenters. The van der Waals surface area contributed by atoms with Crippen LogP contribution >= 0.6 is 11.3 Å². The van der Waals surface area contributed by atoms with Crippen molar-refractivity contribution in [1.29, 1.82) is 0 Å². The van der Waals surface area contributed by atoms with Crippen molar-refractivity contribution >= 4 is 29.0 Å². The Hall–Kier alpha value is -3.25. The van der Waals surface area contributed by atoms with Gasteiger partial charge in [-0.15, -0.1) is 11.3 Å². The summed E-state index contributed by atoms with van der Waals surface area (Å²) in [4.78, 5) is 37.8. The average molecular weight is 393 g/mol. The van der Waals surface area contributed by atoms with Gasteiger partial charge in [0.05, 0.1) is 12.1 Å². The molecule has 0 aliphatic heterocycles. The van der Waals surface area contributed by atoms with E-state index in [1.165, 1.54) is 30.4 Å². The summed E-state index contributed by atoms with van der Waals surface area (Å²) in [5, 5.41) is 4.66. The molecule has 5 nitrogen and oxygen atoms in total. The number of hydrogen-bond donors (Lipinski definition) is 1. The molecule has 3 rings (SSSR count). The second-order valence-electron chi connectivity index (χ2n) is 6.12. The summed E-state index contributed by atoms with van der Waals surface area (Å²) in [5.74, 6) is -1.10. The van der Waals surface area contributed by atoms with Gasteiger partial charge in [-0.3, -0.25) is 9.59 Å². The van der Waals surface area contributed by atoms with Crippen LogP contribution in [0.1, 0.15) is 38.1 Å². The number of hydrogen-bond acceptors (Lipinski definition) is 5. The Morgan fingerprint density at radius 2 is 1.54 bits per heavy atom. The van der Waals surface area contributed by atoms with Crippen LogP contribution in [0.3, 0.4) is 0 Å². The summed E-state index contributed by atoms with van der Waals surface area (Å²) in [7, 11) is 0. The highest BCUT2D eigenvalue weighted by Gasteiger charge is 2.19. The van der Waals surface area contributed by atoms with Gasteiger partial charge in [0, 0.05) is 16.0 Å². The number of ether oxygens (including phenoxy) is 1.